The van der Waals surface area contributed by atoms with E-state index in [0.29, 0.717) is 47.5 Å². The van der Waals surface area contributed by atoms with Gasteiger partial charge in [0.05, 0.1) is 12.3 Å². The smallest absolute Gasteiger partial charge is 0.343 e. The number of ether oxygens (including phenoxy) is 1. The van der Waals surface area contributed by atoms with Gasteiger partial charge >= 0.3 is 5.97 Å². The molecule has 0 fully saturated rings. The number of aryl methyl sites for hydroxylation is 2. The molecule has 0 radical (unpaired) electrons. The summed E-state index contributed by atoms with van der Waals surface area (Å²) < 4.78 is 14.2. The Morgan fingerprint density at radius 2 is 2.25 bits per heavy atom. The third kappa shape index (κ3) is 3.32. The van der Waals surface area contributed by atoms with Crippen LogP contribution in [0.4, 0.5) is 5.00 Å². The topological polar surface area (TPSA) is 90.1 Å². The molecule has 2 rings (SSSR count). The molecule has 0 bridgehead atoms. The van der Waals surface area contributed by atoms with Crippen LogP contribution >= 0.6 is 11.5 Å². The van der Waals surface area contributed by atoms with Crippen molar-refractivity contribution in [2.75, 3.05) is 18.5 Å². The molecule has 0 aromatic carbocycles. The van der Waals surface area contributed by atoms with Gasteiger partial charge in [-0.15, -0.1) is 0 Å². The summed E-state index contributed by atoms with van der Waals surface area (Å²) >= 11 is 1.24. The van der Waals surface area contributed by atoms with Crippen molar-refractivity contribution in [3.8, 4) is 0 Å². The van der Waals surface area contributed by atoms with E-state index in [9.17, 15) is 4.79 Å². The zero-order valence-corrected chi connectivity index (χ0v) is 12.4. The Balaban J connectivity index is 1.97. The largest absolute Gasteiger partial charge is 0.462 e. The molecule has 7 nitrogen and oxygen atoms in total. The van der Waals surface area contributed by atoms with Crippen molar-refractivity contribution in [3.05, 3.63) is 23.0 Å². The molecule has 0 aliphatic heterocycles. The Hall–Kier alpha value is -1.96. The first-order chi connectivity index (χ1) is 9.61. The Labute approximate surface area is 120 Å². The molecule has 2 aromatic rings. The van der Waals surface area contributed by atoms with Gasteiger partial charge in [-0.3, -0.25) is 0 Å². The summed E-state index contributed by atoms with van der Waals surface area (Å²) in [5, 5.41) is 7.58. The third-order valence-electron chi connectivity index (χ3n) is 2.54. The highest BCUT2D eigenvalue weighted by Crippen LogP contribution is 2.25. The minimum absolute atomic E-state index is 0.342. The van der Waals surface area contributed by atoms with Crippen LogP contribution in [-0.2, 0) is 11.2 Å². The number of esters is 1. The minimum Gasteiger partial charge on any atom is -0.462 e. The zero-order chi connectivity index (χ0) is 14.5. The maximum Gasteiger partial charge on any atom is 0.343 e. The van der Waals surface area contributed by atoms with Crippen LogP contribution in [0.3, 0.4) is 0 Å². The molecule has 8 heteroatoms. The lowest BCUT2D eigenvalue weighted by atomic mass is 10.2. The monoisotopic (exact) mass is 296 g/mol. The van der Waals surface area contributed by atoms with E-state index in [0.717, 1.165) is 0 Å². The van der Waals surface area contributed by atoms with Crippen molar-refractivity contribution in [3.63, 3.8) is 0 Å². The average Bonchev–Trinajstić information content (AvgIpc) is 2.97. The molecule has 0 saturated carbocycles. The van der Waals surface area contributed by atoms with Crippen molar-refractivity contribution in [1.29, 1.82) is 0 Å². The quantitative estimate of drug-likeness (QED) is 0.815. The fourth-order valence-electron chi connectivity index (χ4n) is 1.66. The summed E-state index contributed by atoms with van der Waals surface area (Å²) in [5.41, 5.74) is 1.17. The fourth-order valence-corrected chi connectivity index (χ4v) is 2.47. The SMILES string of the molecule is CCOC(=O)c1c(C)nsc1NCCc1nc(C)no1. The number of aromatic nitrogens is 3. The summed E-state index contributed by atoms with van der Waals surface area (Å²) in [6.07, 6.45) is 0.583. The van der Waals surface area contributed by atoms with Gasteiger partial charge in [0.1, 0.15) is 10.6 Å². The van der Waals surface area contributed by atoms with Gasteiger partial charge in [0.25, 0.3) is 0 Å². The maximum absolute atomic E-state index is 11.8. The predicted octanol–water partition coefficient (Wildman–Crippen LogP) is 1.97. The molecule has 0 unspecified atom stereocenters. The molecule has 0 aliphatic rings. The van der Waals surface area contributed by atoms with E-state index < -0.39 is 0 Å². The first-order valence-electron chi connectivity index (χ1n) is 6.28. The van der Waals surface area contributed by atoms with E-state index in [1.54, 1.807) is 20.8 Å². The molecule has 0 atom stereocenters. The molecular formula is C12H16N4O3S. The highest BCUT2D eigenvalue weighted by molar-refractivity contribution is 7.10. The van der Waals surface area contributed by atoms with E-state index >= 15 is 0 Å². The Kier molecular flexibility index (Phi) is 4.67. The summed E-state index contributed by atoms with van der Waals surface area (Å²) in [5.74, 6) is 0.824. The van der Waals surface area contributed by atoms with E-state index in [4.69, 9.17) is 9.26 Å². The van der Waals surface area contributed by atoms with Crippen molar-refractivity contribution in [1.82, 2.24) is 14.5 Å². The lowest BCUT2D eigenvalue weighted by Crippen LogP contribution is -2.11. The van der Waals surface area contributed by atoms with E-state index in [1.807, 2.05) is 0 Å². The van der Waals surface area contributed by atoms with Crippen molar-refractivity contribution >= 4 is 22.5 Å². The average molecular weight is 296 g/mol. The normalized spacial score (nSPS) is 10.6. The van der Waals surface area contributed by atoms with E-state index in [2.05, 4.69) is 19.8 Å². The number of carbonyl (C=O) groups is 1. The van der Waals surface area contributed by atoms with Crippen LogP contribution in [0.5, 0.6) is 0 Å². The number of nitrogens with one attached hydrogen (secondary N) is 1. The van der Waals surface area contributed by atoms with Crippen LogP contribution in [0.25, 0.3) is 0 Å². The number of hydrogen-bond acceptors (Lipinski definition) is 8. The molecular weight excluding hydrogens is 280 g/mol. The Bertz CT molecular complexity index is 593. The lowest BCUT2D eigenvalue weighted by Gasteiger charge is -2.05. The van der Waals surface area contributed by atoms with Gasteiger partial charge < -0.3 is 14.6 Å². The summed E-state index contributed by atoms with van der Waals surface area (Å²) in [6, 6.07) is 0. The molecule has 2 heterocycles. The molecule has 1 N–H and O–H groups in total. The third-order valence-corrected chi connectivity index (χ3v) is 3.43. The second-order valence-corrected chi connectivity index (χ2v) is 4.88. The van der Waals surface area contributed by atoms with Crippen LogP contribution in [0, 0.1) is 13.8 Å². The molecule has 2 aromatic heterocycles. The summed E-state index contributed by atoms with van der Waals surface area (Å²) in [6.45, 7) is 6.25. The predicted molar refractivity (Wildman–Crippen MR) is 74.0 cm³/mol. The summed E-state index contributed by atoms with van der Waals surface area (Å²) in [4.78, 5) is 16.0. The van der Waals surface area contributed by atoms with Crippen LogP contribution in [-0.4, -0.2) is 33.6 Å². The van der Waals surface area contributed by atoms with Gasteiger partial charge in [0.2, 0.25) is 5.89 Å². The number of hydrogen-bond donors (Lipinski definition) is 1. The van der Waals surface area contributed by atoms with Crippen molar-refractivity contribution in [2.24, 2.45) is 0 Å². The highest BCUT2D eigenvalue weighted by atomic mass is 32.1. The number of carbonyl (C=O) groups excluding carboxylic acids is 1. The van der Waals surface area contributed by atoms with Crippen LogP contribution in [0.2, 0.25) is 0 Å². The Morgan fingerprint density at radius 1 is 1.45 bits per heavy atom. The highest BCUT2D eigenvalue weighted by Gasteiger charge is 2.19. The molecule has 0 amide bonds. The number of rotatable bonds is 6. The molecule has 20 heavy (non-hydrogen) atoms. The lowest BCUT2D eigenvalue weighted by molar-refractivity contribution is 0.0527. The zero-order valence-electron chi connectivity index (χ0n) is 11.6. The van der Waals surface area contributed by atoms with Crippen molar-refractivity contribution < 1.29 is 14.1 Å². The second-order valence-electron chi connectivity index (χ2n) is 4.10. The first kappa shape index (κ1) is 14.4. The fraction of sp³-hybridized carbons (Fsp3) is 0.500. The Morgan fingerprint density at radius 3 is 2.90 bits per heavy atom. The maximum atomic E-state index is 11.8. The standard InChI is InChI=1S/C12H16N4O3S/c1-4-18-12(17)10-7(2)16-20-11(10)13-6-5-9-14-8(3)15-19-9/h13H,4-6H2,1-3H3. The van der Waals surface area contributed by atoms with Crippen LogP contribution < -0.4 is 5.32 Å². The second kappa shape index (κ2) is 6.47. The first-order valence-corrected chi connectivity index (χ1v) is 7.05. The van der Waals surface area contributed by atoms with Gasteiger partial charge in [0.15, 0.2) is 5.82 Å². The van der Waals surface area contributed by atoms with Crippen molar-refractivity contribution in [2.45, 2.75) is 27.2 Å². The van der Waals surface area contributed by atoms with Gasteiger partial charge in [-0.05, 0) is 32.3 Å². The van der Waals surface area contributed by atoms with Gasteiger partial charge in [0, 0.05) is 13.0 Å². The summed E-state index contributed by atoms with van der Waals surface area (Å²) in [7, 11) is 0. The minimum atomic E-state index is -0.352. The molecule has 108 valence electrons. The van der Waals surface area contributed by atoms with E-state index in [1.165, 1.54) is 11.5 Å². The van der Waals surface area contributed by atoms with Crippen LogP contribution in [0.1, 0.15) is 34.7 Å². The molecule has 0 spiro atoms. The van der Waals surface area contributed by atoms with Gasteiger partial charge in [-0.2, -0.15) is 9.36 Å². The van der Waals surface area contributed by atoms with Gasteiger partial charge in [-0.25, -0.2) is 4.79 Å². The number of anilines is 1. The molecule has 0 aliphatic carbocycles. The number of nitrogens with zero attached hydrogens (tertiary/aromatic N) is 3. The van der Waals surface area contributed by atoms with E-state index in [-0.39, 0.29) is 5.97 Å². The molecule has 0 saturated heterocycles. The van der Waals surface area contributed by atoms with Gasteiger partial charge in [-0.1, -0.05) is 5.16 Å². The van der Waals surface area contributed by atoms with Crippen LogP contribution in [0.15, 0.2) is 4.52 Å².